The Balaban J connectivity index is 2.15. The lowest BCUT2D eigenvalue weighted by molar-refractivity contribution is 0.338. The molecular weight excluding hydrogens is 150 g/mol. The van der Waals surface area contributed by atoms with Gasteiger partial charge in [-0.05, 0) is 37.3 Å². The van der Waals surface area contributed by atoms with Gasteiger partial charge < -0.3 is 4.74 Å². The highest BCUT2D eigenvalue weighted by Gasteiger charge is 2.23. The summed E-state index contributed by atoms with van der Waals surface area (Å²) in [6.45, 7) is 2.71. The van der Waals surface area contributed by atoms with Crippen molar-refractivity contribution in [2.75, 3.05) is 6.61 Å². The molecule has 0 aliphatic heterocycles. The predicted octanol–water partition coefficient (Wildman–Crippen LogP) is 2.36. The molecule has 1 fully saturated rings. The van der Waals surface area contributed by atoms with Crippen LogP contribution in [0.25, 0.3) is 0 Å². The lowest BCUT2D eigenvalue weighted by Crippen LogP contribution is -1.93. The molecule has 12 heavy (non-hydrogen) atoms. The second-order valence-corrected chi connectivity index (χ2v) is 3.16. The van der Waals surface area contributed by atoms with Crippen LogP contribution in [0.15, 0.2) is 18.5 Å². The van der Waals surface area contributed by atoms with E-state index in [9.17, 15) is 0 Å². The van der Waals surface area contributed by atoms with Crippen LogP contribution in [0.5, 0.6) is 5.75 Å². The number of hydrogen-bond donors (Lipinski definition) is 0. The smallest absolute Gasteiger partial charge is 0.137 e. The van der Waals surface area contributed by atoms with Crippen LogP contribution in [-0.2, 0) is 0 Å². The average Bonchev–Trinajstić information content (AvgIpc) is 2.88. The Morgan fingerprint density at radius 3 is 3.00 bits per heavy atom. The number of rotatable bonds is 3. The Morgan fingerprint density at radius 2 is 2.33 bits per heavy atom. The molecule has 1 aromatic heterocycles. The Bertz CT molecular complexity index is 268. The van der Waals surface area contributed by atoms with Gasteiger partial charge in [-0.2, -0.15) is 0 Å². The molecule has 0 bridgehead atoms. The second-order valence-electron chi connectivity index (χ2n) is 3.16. The van der Waals surface area contributed by atoms with Gasteiger partial charge in [0, 0.05) is 6.20 Å². The lowest BCUT2D eigenvalue weighted by atomic mass is 10.2. The standard InChI is InChI=1S/C10H13NO/c1-2-12-10-5-9(6-11-7-10)8-3-4-8/h5-8H,2-4H2,1H3. The van der Waals surface area contributed by atoms with E-state index in [0.29, 0.717) is 0 Å². The third-order valence-electron chi connectivity index (χ3n) is 2.09. The first-order chi connectivity index (χ1) is 5.90. The largest absolute Gasteiger partial charge is 0.492 e. The van der Waals surface area contributed by atoms with E-state index < -0.39 is 0 Å². The van der Waals surface area contributed by atoms with Crippen LogP contribution in [0.2, 0.25) is 0 Å². The van der Waals surface area contributed by atoms with Crippen molar-refractivity contribution in [3.63, 3.8) is 0 Å². The summed E-state index contributed by atoms with van der Waals surface area (Å²) in [5, 5.41) is 0. The first-order valence-corrected chi connectivity index (χ1v) is 4.48. The third kappa shape index (κ3) is 1.58. The molecular formula is C10H13NO. The van der Waals surface area contributed by atoms with E-state index in [0.717, 1.165) is 18.3 Å². The van der Waals surface area contributed by atoms with Crippen LogP contribution in [0.1, 0.15) is 31.2 Å². The van der Waals surface area contributed by atoms with Gasteiger partial charge in [0.2, 0.25) is 0 Å². The molecule has 0 unspecified atom stereocenters. The fraction of sp³-hybridized carbons (Fsp3) is 0.500. The van der Waals surface area contributed by atoms with Gasteiger partial charge in [-0.25, -0.2) is 0 Å². The van der Waals surface area contributed by atoms with Gasteiger partial charge in [-0.1, -0.05) is 0 Å². The highest BCUT2D eigenvalue weighted by molar-refractivity contribution is 5.28. The molecule has 2 heteroatoms. The van der Waals surface area contributed by atoms with E-state index in [1.807, 2.05) is 13.1 Å². The molecule has 0 saturated heterocycles. The molecule has 2 rings (SSSR count). The minimum Gasteiger partial charge on any atom is -0.492 e. The molecule has 0 amide bonds. The summed E-state index contributed by atoms with van der Waals surface area (Å²) >= 11 is 0. The molecule has 0 N–H and O–H groups in total. The highest BCUT2D eigenvalue weighted by Crippen LogP contribution is 2.40. The van der Waals surface area contributed by atoms with Crippen molar-refractivity contribution in [3.8, 4) is 5.75 Å². The Kier molecular flexibility index (Phi) is 1.98. The number of aromatic nitrogens is 1. The van der Waals surface area contributed by atoms with Crippen molar-refractivity contribution in [1.82, 2.24) is 4.98 Å². The van der Waals surface area contributed by atoms with Crippen molar-refractivity contribution in [2.45, 2.75) is 25.7 Å². The zero-order valence-corrected chi connectivity index (χ0v) is 7.29. The van der Waals surface area contributed by atoms with E-state index >= 15 is 0 Å². The van der Waals surface area contributed by atoms with Crippen LogP contribution < -0.4 is 4.74 Å². The van der Waals surface area contributed by atoms with Gasteiger partial charge in [0.1, 0.15) is 5.75 Å². The zero-order chi connectivity index (χ0) is 8.39. The average molecular weight is 163 g/mol. The number of pyridine rings is 1. The van der Waals surface area contributed by atoms with Crippen LogP contribution >= 0.6 is 0 Å². The van der Waals surface area contributed by atoms with Crippen molar-refractivity contribution >= 4 is 0 Å². The van der Waals surface area contributed by atoms with E-state index in [-0.39, 0.29) is 0 Å². The van der Waals surface area contributed by atoms with Crippen molar-refractivity contribution in [1.29, 1.82) is 0 Å². The molecule has 0 spiro atoms. The van der Waals surface area contributed by atoms with Crippen LogP contribution in [-0.4, -0.2) is 11.6 Å². The van der Waals surface area contributed by atoms with E-state index in [1.165, 1.54) is 18.4 Å². The van der Waals surface area contributed by atoms with Gasteiger partial charge >= 0.3 is 0 Å². The number of nitrogens with zero attached hydrogens (tertiary/aromatic N) is 1. The van der Waals surface area contributed by atoms with Gasteiger partial charge in [0.05, 0.1) is 12.8 Å². The number of hydrogen-bond acceptors (Lipinski definition) is 2. The summed E-state index contributed by atoms with van der Waals surface area (Å²) in [6.07, 6.45) is 6.35. The Hall–Kier alpha value is -1.05. The first kappa shape index (κ1) is 7.59. The molecule has 1 aromatic rings. The Labute approximate surface area is 72.6 Å². The fourth-order valence-electron chi connectivity index (χ4n) is 1.32. The molecule has 2 nitrogen and oxygen atoms in total. The van der Waals surface area contributed by atoms with E-state index in [1.54, 1.807) is 6.20 Å². The van der Waals surface area contributed by atoms with Gasteiger partial charge in [-0.15, -0.1) is 0 Å². The summed E-state index contributed by atoms with van der Waals surface area (Å²) in [4.78, 5) is 4.14. The maximum absolute atomic E-state index is 5.36. The topological polar surface area (TPSA) is 22.1 Å². The SMILES string of the molecule is CCOc1cncc(C2CC2)c1. The molecule has 0 aromatic carbocycles. The maximum atomic E-state index is 5.36. The number of ether oxygens (including phenoxy) is 1. The molecule has 1 heterocycles. The minimum absolute atomic E-state index is 0.718. The van der Waals surface area contributed by atoms with Gasteiger partial charge in [0.15, 0.2) is 0 Å². The zero-order valence-electron chi connectivity index (χ0n) is 7.29. The van der Waals surface area contributed by atoms with Crippen molar-refractivity contribution in [3.05, 3.63) is 24.0 Å². The Morgan fingerprint density at radius 1 is 1.50 bits per heavy atom. The predicted molar refractivity (Wildman–Crippen MR) is 47.4 cm³/mol. The molecule has 1 aliphatic carbocycles. The quantitative estimate of drug-likeness (QED) is 0.682. The van der Waals surface area contributed by atoms with E-state index in [2.05, 4.69) is 11.1 Å². The molecule has 1 aliphatic rings. The normalized spacial score (nSPS) is 16.1. The molecule has 0 atom stereocenters. The lowest BCUT2D eigenvalue weighted by Gasteiger charge is -2.03. The highest BCUT2D eigenvalue weighted by atomic mass is 16.5. The fourth-order valence-corrected chi connectivity index (χ4v) is 1.32. The van der Waals surface area contributed by atoms with Gasteiger partial charge in [0.25, 0.3) is 0 Å². The van der Waals surface area contributed by atoms with Crippen LogP contribution in [0, 0.1) is 0 Å². The minimum atomic E-state index is 0.718. The molecule has 1 saturated carbocycles. The summed E-state index contributed by atoms with van der Waals surface area (Å²) < 4.78 is 5.36. The summed E-state index contributed by atoms with van der Waals surface area (Å²) in [5.74, 6) is 1.67. The van der Waals surface area contributed by atoms with Crippen LogP contribution in [0.4, 0.5) is 0 Å². The van der Waals surface area contributed by atoms with Crippen LogP contribution in [0.3, 0.4) is 0 Å². The first-order valence-electron chi connectivity index (χ1n) is 4.48. The van der Waals surface area contributed by atoms with E-state index in [4.69, 9.17) is 4.74 Å². The monoisotopic (exact) mass is 163 g/mol. The second kappa shape index (κ2) is 3.13. The van der Waals surface area contributed by atoms with Crippen molar-refractivity contribution < 1.29 is 4.74 Å². The molecule has 64 valence electrons. The maximum Gasteiger partial charge on any atom is 0.137 e. The molecule has 0 radical (unpaired) electrons. The third-order valence-corrected chi connectivity index (χ3v) is 2.09. The summed E-state index contributed by atoms with van der Waals surface area (Å²) in [5.41, 5.74) is 1.33. The summed E-state index contributed by atoms with van der Waals surface area (Å²) in [7, 11) is 0. The van der Waals surface area contributed by atoms with Crippen molar-refractivity contribution in [2.24, 2.45) is 0 Å². The van der Waals surface area contributed by atoms with Gasteiger partial charge in [-0.3, -0.25) is 4.98 Å². The summed E-state index contributed by atoms with van der Waals surface area (Å²) in [6, 6.07) is 2.11.